The minimum Gasteiger partial charge on any atom is -0.362 e. The minimum absolute atomic E-state index is 0.0109. The van der Waals surface area contributed by atoms with E-state index in [9.17, 15) is 14.9 Å². The number of carbonyl (C=O) groups excluding carboxylic acids is 1. The first-order chi connectivity index (χ1) is 8.95. The Balaban J connectivity index is 2.75. The third kappa shape index (κ3) is 4.29. The highest BCUT2D eigenvalue weighted by molar-refractivity contribution is 7.80. The Morgan fingerprint density at radius 1 is 1.47 bits per heavy atom. The van der Waals surface area contributed by atoms with Crippen LogP contribution in [0.5, 0.6) is 0 Å². The summed E-state index contributed by atoms with van der Waals surface area (Å²) < 4.78 is 0. The van der Waals surface area contributed by atoms with E-state index in [0.29, 0.717) is 17.7 Å². The second-order valence-corrected chi connectivity index (χ2v) is 4.38. The number of nitro groups is 1. The highest BCUT2D eigenvalue weighted by Crippen LogP contribution is 2.18. The molecule has 2 N–H and O–H groups in total. The van der Waals surface area contributed by atoms with Gasteiger partial charge in [-0.2, -0.15) is 0 Å². The average molecular weight is 281 g/mol. The van der Waals surface area contributed by atoms with Crippen molar-refractivity contribution < 1.29 is 9.72 Å². The SMILES string of the molecule is CCCNC(=S)NC(=O)c1ccc([N+](=O)[O-])c(C)c1. The molecule has 1 aromatic carbocycles. The van der Waals surface area contributed by atoms with Gasteiger partial charge in [-0.05, 0) is 37.7 Å². The fraction of sp³-hybridized carbons (Fsp3) is 0.333. The molecule has 0 saturated heterocycles. The van der Waals surface area contributed by atoms with E-state index in [1.165, 1.54) is 18.2 Å². The van der Waals surface area contributed by atoms with Crippen LogP contribution in [-0.2, 0) is 0 Å². The Labute approximate surface area is 116 Å². The van der Waals surface area contributed by atoms with E-state index < -0.39 is 4.92 Å². The molecule has 0 aliphatic carbocycles. The van der Waals surface area contributed by atoms with Crippen molar-refractivity contribution in [2.45, 2.75) is 20.3 Å². The van der Waals surface area contributed by atoms with Gasteiger partial charge in [-0.3, -0.25) is 20.2 Å². The van der Waals surface area contributed by atoms with E-state index in [1.54, 1.807) is 6.92 Å². The van der Waals surface area contributed by atoms with Crippen molar-refractivity contribution in [1.82, 2.24) is 10.6 Å². The molecule has 0 aliphatic heterocycles. The molecule has 0 spiro atoms. The van der Waals surface area contributed by atoms with Crippen LogP contribution in [0.25, 0.3) is 0 Å². The molecule has 0 atom stereocenters. The predicted molar refractivity (Wildman–Crippen MR) is 76.2 cm³/mol. The molecule has 0 aliphatic rings. The Morgan fingerprint density at radius 3 is 2.68 bits per heavy atom. The lowest BCUT2D eigenvalue weighted by Crippen LogP contribution is -2.39. The Morgan fingerprint density at radius 2 is 2.16 bits per heavy atom. The molecule has 19 heavy (non-hydrogen) atoms. The number of benzene rings is 1. The molecular weight excluding hydrogens is 266 g/mol. The topological polar surface area (TPSA) is 84.3 Å². The van der Waals surface area contributed by atoms with Gasteiger partial charge < -0.3 is 5.32 Å². The van der Waals surface area contributed by atoms with Crippen molar-refractivity contribution in [3.8, 4) is 0 Å². The normalized spacial score (nSPS) is 9.79. The van der Waals surface area contributed by atoms with Crippen molar-refractivity contribution >= 4 is 28.9 Å². The number of thiocarbonyl (C=S) groups is 1. The van der Waals surface area contributed by atoms with Crippen LogP contribution in [-0.4, -0.2) is 22.5 Å². The van der Waals surface area contributed by atoms with Crippen molar-refractivity contribution in [3.63, 3.8) is 0 Å². The van der Waals surface area contributed by atoms with Crippen LogP contribution < -0.4 is 10.6 Å². The summed E-state index contributed by atoms with van der Waals surface area (Å²) in [5.41, 5.74) is 0.761. The zero-order valence-electron chi connectivity index (χ0n) is 10.7. The number of rotatable bonds is 4. The van der Waals surface area contributed by atoms with Gasteiger partial charge in [0.1, 0.15) is 0 Å². The summed E-state index contributed by atoms with van der Waals surface area (Å²) in [5, 5.41) is 16.3. The smallest absolute Gasteiger partial charge is 0.272 e. The number of amides is 1. The van der Waals surface area contributed by atoms with Gasteiger partial charge >= 0.3 is 0 Å². The van der Waals surface area contributed by atoms with Crippen molar-refractivity contribution in [2.24, 2.45) is 0 Å². The zero-order valence-corrected chi connectivity index (χ0v) is 11.5. The monoisotopic (exact) mass is 281 g/mol. The second kappa shape index (κ2) is 6.79. The Hall–Kier alpha value is -2.02. The lowest BCUT2D eigenvalue weighted by Gasteiger charge is -2.08. The lowest BCUT2D eigenvalue weighted by atomic mass is 10.1. The van der Waals surface area contributed by atoms with Gasteiger partial charge in [0.25, 0.3) is 11.6 Å². The number of hydrogen-bond acceptors (Lipinski definition) is 4. The van der Waals surface area contributed by atoms with Crippen LogP contribution in [0.1, 0.15) is 29.3 Å². The van der Waals surface area contributed by atoms with Gasteiger partial charge in [0.15, 0.2) is 5.11 Å². The maximum atomic E-state index is 11.8. The molecule has 6 nitrogen and oxygen atoms in total. The number of nitrogens with zero attached hydrogens (tertiary/aromatic N) is 1. The molecule has 1 rings (SSSR count). The van der Waals surface area contributed by atoms with Crippen LogP contribution in [0.2, 0.25) is 0 Å². The summed E-state index contributed by atoms with van der Waals surface area (Å²) >= 11 is 4.94. The van der Waals surface area contributed by atoms with E-state index in [0.717, 1.165) is 6.42 Å². The van der Waals surface area contributed by atoms with E-state index >= 15 is 0 Å². The summed E-state index contributed by atoms with van der Waals surface area (Å²) in [6.45, 7) is 4.25. The fourth-order valence-corrected chi connectivity index (χ4v) is 1.65. The molecular formula is C12H15N3O3S. The number of carbonyl (C=O) groups is 1. The van der Waals surface area contributed by atoms with E-state index in [1.807, 2.05) is 6.92 Å². The van der Waals surface area contributed by atoms with Crippen molar-refractivity contribution in [3.05, 3.63) is 39.4 Å². The van der Waals surface area contributed by atoms with Crippen LogP contribution in [0, 0.1) is 17.0 Å². The first-order valence-corrected chi connectivity index (χ1v) is 6.20. The van der Waals surface area contributed by atoms with Crippen LogP contribution in [0.15, 0.2) is 18.2 Å². The van der Waals surface area contributed by atoms with Crippen molar-refractivity contribution in [1.29, 1.82) is 0 Å². The fourth-order valence-electron chi connectivity index (χ4n) is 1.46. The van der Waals surface area contributed by atoms with Crippen molar-refractivity contribution in [2.75, 3.05) is 6.54 Å². The number of nitrogens with one attached hydrogen (secondary N) is 2. The third-order valence-electron chi connectivity index (χ3n) is 2.42. The molecule has 0 bridgehead atoms. The standard InChI is InChI=1S/C12H15N3O3S/c1-3-6-13-12(19)14-11(16)9-4-5-10(15(17)18)8(2)7-9/h4-5,7H,3,6H2,1-2H3,(H2,13,14,16,19). The lowest BCUT2D eigenvalue weighted by molar-refractivity contribution is -0.385. The number of nitro benzene ring substituents is 1. The average Bonchev–Trinajstić information content (AvgIpc) is 2.35. The van der Waals surface area contributed by atoms with Gasteiger partial charge in [0.2, 0.25) is 0 Å². The molecule has 0 fully saturated rings. The molecule has 7 heteroatoms. The molecule has 1 amide bonds. The molecule has 0 unspecified atom stereocenters. The maximum Gasteiger partial charge on any atom is 0.272 e. The molecule has 0 radical (unpaired) electrons. The van der Waals surface area contributed by atoms with Gasteiger partial charge in [0.05, 0.1) is 4.92 Å². The largest absolute Gasteiger partial charge is 0.362 e. The predicted octanol–water partition coefficient (Wildman–Crippen LogP) is 1.92. The summed E-state index contributed by atoms with van der Waals surface area (Å²) in [7, 11) is 0. The molecule has 102 valence electrons. The molecule has 1 aromatic rings. The summed E-state index contributed by atoms with van der Waals surface area (Å²) in [5.74, 6) is -0.383. The summed E-state index contributed by atoms with van der Waals surface area (Å²) in [6, 6.07) is 4.19. The van der Waals surface area contributed by atoms with E-state index in [2.05, 4.69) is 10.6 Å². The highest BCUT2D eigenvalue weighted by atomic mass is 32.1. The quantitative estimate of drug-likeness (QED) is 0.500. The number of aryl methyl sites for hydroxylation is 1. The molecule has 0 aromatic heterocycles. The Bertz CT molecular complexity index is 517. The summed E-state index contributed by atoms with van der Waals surface area (Å²) in [6.07, 6.45) is 0.895. The van der Waals surface area contributed by atoms with Crippen LogP contribution >= 0.6 is 12.2 Å². The maximum absolute atomic E-state index is 11.8. The first-order valence-electron chi connectivity index (χ1n) is 5.80. The molecule has 0 saturated carbocycles. The van der Waals surface area contributed by atoms with Crippen LogP contribution in [0.3, 0.4) is 0 Å². The zero-order chi connectivity index (χ0) is 14.4. The second-order valence-electron chi connectivity index (χ2n) is 3.97. The third-order valence-corrected chi connectivity index (χ3v) is 2.66. The van der Waals surface area contributed by atoms with Gasteiger partial charge in [-0.15, -0.1) is 0 Å². The first kappa shape index (κ1) is 15.0. The van der Waals surface area contributed by atoms with E-state index in [-0.39, 0.29) is 16.7 Å². The molecule has 0 heterocycles. The minimum atomic E-state index is -0.482. The van der Waals surface area contributed by atoms with E-state index in [4.69, 9.17) is 12.2 Å². The number of hydrogen-bond donors (Lipinski definition) is 2. The van der Waals surface area contributed by atoms with Gasteiger partial charge in [0, 0.05) is 23.7 Å². The van der Waals surface area contributed by atoms with Gasteiger partial charge in [-0.25, -0.2) is 0 Å². The van der Waals surface area contributed by atoms with Gasteiger partial charge in [-0.1, -0.05) is 6.92 Å². The highest BCUT2D eigenvalue weighted by Gasteiger charge is 2.14. The Kier molecular flexibility index (Phi) is 5.37. The summed E-state index contributed by atoms with van der Waals surface area (Å²) in [4.78, 5) is 22.0. The van der Waals surface area contributed by atoms with Crippen LogP contribution in [0.4, 0.5) is 5.69 Å².